The maximum absolute atomic E-state index is 13.9. The van der Waals surface area contributed by atoms with Crippen LogP contribution in [0.1, 0.15) is 43.9 Å². The topological polar surface area (TPSA) is 88.2 Å². The van der Waals surface area contributed by atoms with Crippen molar-refractivity contribution in [2.75, 3.05) is 6.61 Å². The van der Waals surface area contributed by atoms with E-state index in [4.69, 9.17) is 9.84 Å². The second kappa shape index (κ2) is 12.7. The number of nitriles is 1. The number of aromatic nitrogens is 2. The third-order valence-corrected chi connectivity index (χ3v) is 7.44. The Bertz CT molecular complexity index is 1740. The Morgan fingerprint density at radius 2 is 1.63 bits per heavy atom. The summed E-state index contributed by atoms with van der Waals surface area (Å²) >= 11 is 0. The molecule has 0 fully saturated rings. The monoisotopic (exact) mass is 570 g/mol. The van der Waals surface area contributed by atoms with Crippen molar-refractivity contribution in [3.05, 3.63) is 118 Å². The SMILES string of the molecule is CC1=C(C#N)C(=O)N(Cc2ccc(C)cc2)C(=O)/C1=C/c1cn(-c2ccccc2)nc1-c1ccc(OCCC(C)C)cc1. The van der Waals surface area contributed by atoms with Crippen molar-refractivity contribution in [2.24, 2.45) is 5.92 Å². The predicted octanol–water partition coefficient (Wildman–Crippen LogP) is 7.07. The number of aryl methyl sites for hydroxylation is 1. The van der Waals surface area contributed by atoms with E-state index in [2.05, 4.69) is 13.8 Å². The van der Waals surface area contributed by atoms with Gasteiger partial charge in [-0.25, -0.2) is 4.68 Å². The zero-order valence-corrected chi connectivity index (χ0v) is 24.9. The van der Waals surface area contributed by atoms with Crippen LogP contribution < -0.4 is 4.74 Å². The van der Waals surface area contributed by atoms with Gasteiger partial charge in [0, 0.05) is 22.9 Å². The summed E-state index contributed by atoms with van der Waals surface area (Å²) in [5, 5.41) is 14.8. The van der Waals surface area contributed by atoms with Crippen molar-refractivity contribution in [2.45, 2.75) is 40.7 Å². The number of imide groups is 1. The number of rotatable bonds is 9. The highest BCUT2D eigenvalue weighted by molar-refractivity contribution is 6.19. The molecule has 0 spiro atoms. The Balaban J connectivity index is 1.56. The minimum Gasteiger partial charge on any atom is -0.494 e. The first-order valence-corrected chi connectivity index (χ1v) is 14.4. The fourth-order valence-electron chi connectivity index (χ4n) is 4.86. The average molecular weight is 571 g/mol. The second-order valence-corrected chi connectivity index (χ2v) is 11.1. The summed E-state index contributed by atoms with van der Waals surface area (Å²) in [6, 6.07) is 27.1. The summed E-state index contributed by atoms with van der Waals surface area (Å²) in [4.78, 5) is 28.2. The van der Waals surface area contributed by atoms with Crippen molar-refractivity contribution >= 4 is 17.9 Å². The van der Waals surface area contributed by atoms with Crippen LogP contribution in [0.25, 0.3) is 23.0 Å². The number of amides is 2. The van der Waals surface area contributed by atoms with Gasteiger partial charge >= 0.3 is 0 Å². The van der Waals surface area contributed by atoms with Gasteiger partial charge in [-0.15, -0.1) is 0 Å². The third-order valence-electron chi connectivity index (χ3n) is 7.44. The lowest BCUT2D eigenvalue weighted by atomic mass is 9.93. The summed E-state index contributed by atoms with van der Waals surface area (Å²) < 4.78 is 7.67. The molecular weight excluding hydrogens is 536 g/mol. The van der Waals surface area contributed by atoms with E-state index in [-0.39, 0.29) is 17.7 Å². The van der Waals surface area contributed by atoms with Gasteiger partial charge in [0.2, 0.25) is 0 Å². The first-order chi connectivity index (χ1) is 20.7. The minimum absolute atomic E-state index is 0.0436. The molecule has 0 radical (unpaired) electrons. The molecule has 0 saturated heterocycles. The fraction of sp³-hybridized carbons (Fsp3) is 0.222. The Morgan fingerprint density at radius 3 is 2.28 bits per heavy atom. The van der Waals surface area contributed by atoms with E-state index in [1.165, 1.54) is 0 Å². The van der Waals surface area contributed by atoms with Crippen molar-refractivity contribution in [1.29, 1.82) is 5.26 Å². The fourth-order valence-corrected chi connectivity index (χ4v) is 4.86. The van der Waals surface area contributed by atoms with Crippen LogP contribution in [-0.2, 0) is 16.1 Å². The number of hydrogen-bond donors (Lipinski definition) is 0. The lowest BCUT2D eigenvalue weighted by molar-refractivity contribution is -0.141. The van der Waals surface area contributed by atoms with E-state index in [0.717, 1.165) is 39.4 Å². The van der Waals surface area contributed by atoms with E-state index in [0.29, 0.717) is 29.4 Å². The molecule has 3 aromatic carbocycles. The van der Waals surface area contributed by atoms with Crippen LogP contribution in [0.2, 0.25) is 0 Å². The molecule has 2 amide bonds. The molecule has 1 aromatic heterocycles. The number of para-hydroxylation sites is 1. The molecule has 0 aliphatic carbocycles. The normalized spacial score (nSPS) is 14.5. The Labute approximate surface area is 252 Å². The zero-order valence-electron chi connectivity index (χ0n) is 24.9. The molecule has 0 saturated carbocycles. The average Bonchev–Trinajstić information content (AvgIpc) is 3.43. The molecular formula is C36H34N4O3. The van der Waals surface area contributed by atoms with Crippen LogP contribution >= 0.6 is 0 Å². The van der Waals surface area contributed by atoms with Crippen molar-refractivity contribution in [3.8, 4) is 28.8 Å². The van der Waals surface area contributed by atoms with Crippen LogP contribution in [0.4, 0.5) is 0 Å². The highest BCUT2D eigenvalue weighted by Gasteiger charge is 2.35. The van der Waals surface area contributed by atoms with Gasteiger partial charge in [0.05, 0.1) is 24.5 Å². The van der Waals surface area contributed by atoms with Gasteiger partial charge in [-0.2, -0.15) is 10.4 Å². The van der Waals surface area contributed by atoms with E-state index < -0.39 is 11.8 Å². The van der Waals surface area contributed by atoms with Gasteiger partial charge in [0.1, 0.15) is 17.4 Å². The number of carbonyl (C=O) groups excluding carboxylic acids is 2. The van der Waals surface area contributed by atoms with Gasteiger partial charge in [0.25, 0.3) is 11.8 Å². The molecule has 216 valence electrons. The molecule has 0 atom stereocenters. The Hall–Kier alpha value is -5.22. The van der Waals surface area contributed by atoms with Gasteiger partial charge in [-0.1, -0.05) is 61.9 Å². The predicted molar refractivity (Wildman–Crippen MR) is 167 cm³/mol. The molecule has 4 aromatic rings. The Morgan fingerprint density at radius 1 is 0.930 bits per heavy atom. The summed E-state index contributed by atoms with van der Waals surface area (Å²) in [6.07, 6.45) is 4.56. The smallest absolute Gasteiger partial charge is 0.271 e. The van der Waals surface area contributed by atoms with Gasteiger partial charge in [-0.05, 0) is 79.8 Å². The summed E-state index contributed by atoms with van der Waals surface area (Å²) in [5.74, 6) is 0.295. The lowest BCUT2D eigenvalue weighted by Crippen LogP contribution is -2.42. The highest BCUT2D eigenvalue weighted by Crippen LogP contribution is 2.32. The van der Waals surface area contributed by atoms with Gasteiger partial charge in [-0.3, -0.25) is 14.5 Å². The number of carbonyl (C=O) groups is 2. The van der Waals surface area contributed by atoms with Gasteiger partial charge in [0.15, 0.2) is 0 Å². The summed E-state index contributed by atoms with van der Waals surface area (Å²) in [6.45, 7) is 8.66. The maximum atomic E-state index is 13.9. The van der Waals surface area contributed by atoms with Crippen molar-refractivity contribution < 1.29 is 14.3 Å². The van der Waals surface area contributed by atoms with Crippen LogP contribution in [0.3, 0.4) is 0 Å². The molecule has 7 nitrogen and oxygen atoms in total. The van der Waals surface area contributed by atoms with E-state index in [9.17, 15) is 14.9 Å². The molecule has 1 aliphatic heterocycles. The largest absolute Gasteiger partial charge is 0.494 e. The number of nitrogens with zero attached hydrogens (tertiary/aromatic N) is 4. The first kappa shape index (κ1) is 29.3. The first-order valence-electron chi connectivity index (χ1n) is 14.4. The number of hydrogen-bond acceptors (Lipinski definition) is 5. The summed E-state index contributed by atoms with van der Waals surface area (Å²) in [5.41, 5.74) is 5.51. The van der Waals surface area contributed by atoms with E-state index in [1.54, 1.807) is 17.7 Å². The van der Waals surface area contributed by atoms with Crippen LogP contribution in [-0.4, -0.2) is 33.1 Å². The lowest BCUT2D eigenvalue weighted by Gasteiger charge is -2.27. The van der Waals surface area contributed by atoms with E-state index in [1.807, 2.05) is 98.1 Å². The third kappa shape index (κ3) is 6.49. The number of benzene rings is 3. The van der Waals surface area contributed by atoms with Crippen molar-refractivity contribution in [3.63, 3.8) is 0 Å². The summed E-state index contributed by atoms with van der Waals surface area (Å²) in [7, 11) is 0. The van der Waals surface area contributed by atoms with E-state index >= 15 is 0 Å². The molecule has 0 N–H and O–H groups in total. The van der Waals surface area contributed by atoms with Crippen LogP contribution in [0.5, 0.6) is 5.75 Å². The Kier molecular flexibility index (Phi) is 8.68. The molecule has 7 heteroatoms. The zero-order chi connectivity index (χ0) is 30.5. The molecule has 0 bridgehead atoms. The van der Waals surface area contributed by atoms with Crippen LogP contribution in [0.15, 0.2) is 102 Å². The number of ether oxygens (including phenoxy) is 1. The van der Waals surface area contributed by atoms with Gasteiger partial charge < -0.3 is 4.74 Å². The molecule has 2 heterocycles. The molecule has 43 heavy (non-hydrogen) atoms. The molecule has 5 rings (SSSR count). The highest BCUT2D eigenvalue weighted by atomic mass is 16.5. The quantitative estimate of drug-likeness (QED) is 0.159. The standard InChI is InChI=1S/C36H34N4O3/c1-24(2)18-19-43-31-16-14-28(15-17-31)34-29(23-40(38-34)30-8-6-5-7-9-30)20-32-26(4)33(21-37)36(42)39(35(32)41)22-27-12-10-25(3)11-13-27/h5-17,20,23-24H,18-19,22H2,1-4H3/b32-20+. The second-order valence-electron chi connectivity index (χ2n) is 11.1. The maximum Gasteiger partial charge on any atom is 0.271 e. The molecule has 1 aliphatic rings. The molecule has 0 unspecified atom stereocenters. The van der Waals surface area contributed by atoms with Crippen LogP contribution in [0, 0.1) is 24.2 Å². The van der Waals surface area contributed by atoms with Crippen molar-refractivity contribution in [1.82, 2.24) is 14.7 Å². The minimum atomic E-state index is -0.587.